The lowest BCUT2D eigenvalue weighted by molar-refractivity contribution is -0.131. The Morgan fingerprint density at radius 3 is 2.24 bits per heavy atom. The van der Waals surface area contributed by atoms with Crippen molar-refractivity contribution in [1.29, 1.82) is 0 Å². The van der Waals surface area contributed by atoms with Crippen molar-refractivity contribution in [2.24, 2.45) is 0 Å². The van der Waals surface area contributed by atoms with E-state index in [9.17, 15) is 9.59 Å². The predicted molar refractivity (Wildman–Crippen MR) is 166 cm³/mol. The van der Waals surface area contributed by atoms with Gasteiger partial charge in [-0.2, -0.15) is 0 Å². The second kappa shape index (κ2) is 14.6. The fourth-order valence-corrected chi connectivity index (χ4v) is 5.76. The molecule has 4 aromatic rings. The van der Waals surface area contributed by atoms with Gasteiger partial charge in [-0.1, -0.05) is 86.0 Å². The Balaban J connectivity index is 1.05. The fraction of sp³-hybridized carbons (Fsp3) is 0.400. The first-order valence-corrected chi connectivity index (χ1v) is 15.3. The topological polar surface area (TPSA) is 67.2 Å². The van der Waals surface area contributed by atoms with Crippen LogP contribution in [0.2, 0.25) is 0 Å². The van der Waals surface area contributed by atoms with Crippen molar-refractivity contribution in [3.05, 3.63) is 90.3 Å². The second-order valence-corrected chi connectivity index (χ2v) is 11.1. The number of aromatic nitrogens is 2. The smallest absolute Gasteiger partial charge is 0.224 e. The van der Waals surface area contributed by atoms with Crippen LogP contribution in [0.15, 0.2) is 78.9 Å². The van der Waals surface area contributed by atoms with E-state index in [4.69, 9.17) is 4.98 Å². The number of para-hydroxylation sites is 2. The third kappa shape index (κ3) is 8.06. The summed E-state index contributed by atoms with van der Waals surface area (Å²) in [7, 11) is 0. The van der Waals surface area contributed by atoms with Gasteiger partial charge in [0.05, 0.1) is 17.5 Å². The van der Waals surface area contributed by atoms with Crippen LogP contribution in [0, 0.1) is 0 Å². The number of hydrogen-bond donors (Lipinski definition) is 1. The molecule has 6 heteroatoms. The van der Waals surface area contributed by atoms with Crippen LogP contribution in [0.25, 0.3) is 22.2 Å². The summed E-state index contributed by atoms with van der Waals surface area (Å²) in [4.78, 5) is 32.4. The number of rotatable bonds is 12. The number of hydrogen-bond acceptors (Lipinski definition) is 3. The highest BCUT2D eigenvalue weighted by atomic mass is 16.2. The van der Waals surface area contributed by atoms with E-state index in [1.54, 1.807) is 0 Å². The lowest BCUT2D eigenvalue weighted by Crippen LogP contribution is -2.32. The Morgan fingerprint density at radius 2 is 1.46 bits per heavy atom. The van der Waals surface area contributed by atoms with Crippen LogP contribution < -0.4 is 5.32 Å². The molecular formula is C35H42N4O2. The molecule has 41 heavy (non-hydrogen) atoms. The summed E-state index contributed by atoms with van der Waals surface area (Å²) in [5.41, 5.74) is 5.46. The number of fused-ring (bicyclic) bond motifs is 1. The van der Waals surface area contributed by atoms with E-state index < -0.39 is 0 Å². The third-order valence-corrected chi connectivity index (χ3v) is 8.07. The maximum Gasteiger partial charge on any atom is 0.224 e. The average molecular weight is 551 g/mol. The fourth-order valence-electron chi connectivity index (χ4n) is 5.76. The molecule has 6 nitrogen and oxygen atoms in total. The zero-order valence-electron chi connectivity index (χ0n) is 24.1. The van der Waals surface area contributed by atoms with Crippen LogP contribution >= 0.6 is 0 Å². The van der Waals surface area contributed by atoms with E-state index in [2.05, 4.69) is 51.2 Å². The quantitative estimate of drug-likeness (QED) is 0.203. The summed E-state index contributed by atoms with van der Waals surface area (Å²) >= 11 is 0. The summed E-state index contributed by atoms with van der Waals surface area (Å²) in [6.45, 7) is 3.15. The molecule has 5 rings (SSSR count). The zero-order chi connectivity index (χ0) is 28.3. The summed E-state index contributed by atoms with van der Waals surface area (Å²) in [5.74, 6) is 1.38. The predicted octanol–water partition coefficient (Wildman–Crippen LogP) is 6.57. The number of nitrogens with zero attached hydrogens (tertiary/aromatic N) is 3. The van der Waals surface area contributed by atoms with Crippen molar-refractivity contribution in [2.45, 2.75) is 70.8 Å². The molecule has 214 valence electrons. The zero-order valence-corrected chi connectivity index (χ0v) is 24.1. The molecule has 2 heterocycles. The molecule has 1 N–H and O–H groups in total. The maximum atomic E-state index is 12.9. The Hall–Kier alpha value is -3.93. The number of aryl methyl sites for hydroxylation is 2. The summed E-state index contributed by atoms with van der Waals surface area (Å²) < 4.78 is 2.25. The van der Waals surface area contributed by atoms with Crippen molar-refractivity contribution in [2.75, 3.05) is 19.6 Å². The average Bonchev–Trinajstić information content (AvgIpc) is 3.14. The maximum absolute atomic E-state index is 12.9. The molecule has 2 amide bonds. The molecular weight excluding hydrogens is 508 g/mol. The highest BCUT2D eigenvalue weighted by Gasteiger charge is 2.17. The van der Waals surface area contributed by atoms with Gasteiger partial charge in [0.1, 0.15) is 5.82 Å². The van der Waals surface area contributed by atoms with Gasteiger partial charge < -0.3 is 14.8 Å². The largest absolute Gasteiger partial charge is 0.356 e. The standard InChI is InChI=1S/C35H42N4O2/c40-34(27-28-18-20-30(21-19-28)29-13-5-3-6-14-29)36-23-10-4-7-17-33-37-31-15-8-9-16-32(31)39(33)26-22-35(41)38-24-11-1-2-12-25-38/h3,5-6,8-9,13-16,18-21H,1-2,4,7,10-12,17,22-27H2,(H,36,40). The number of likely N-dealkylation sites (tertiary alicyclic amines) is 1. The van der Waals surface area contributed by atoms with Gasteiger partial charge in [-0.15, -0.1) is 0 Å². The molecule has 0 aliphatic carbocycles. The molecule has 0 unspecified atom stereocenters. The third-order valence-electron chi connectivity index (χ3n) is 8.07. The highest BCUT2D eigenvalue weighted by Crippen LogP contribution is 2.21. The molecule has 0 spiro atoms. The minimum atomic E-state index is 0.0633. The van der Waals surface area contributed by atoms with Gasteiger partial charge in [0, 0.05) is 39.0 Å². The van der Waals surface area contributed by atoms with Gasteiger partial charge in [0.25, 0.3) is 0 Å². The van der Waals surface area contributed by atoms with Crippen molar-refractivity contribution in [3.8, 4) is 11.1 Å². The molecule has 3 aromatic carbocycles. The highest BCUT2D eigenvalue weighted by molar-refractivity contribution is 5.79. The number of benzene rings is 3. The van der Waals surface area contributed by atoms with Crippen molar-refractivity contribution in [3.63, 3.8) is 0 Å². The van der Waals surface area contributed by atoms with E-state index in [1.807, 2.05) is 42.5 Å². The Bertz CT molecular complexity index is 1400. The van der Waals surface area contributed by atoms with E-state index >= 15 is 0 Å². The lowest BCUT2D eigenvalue weighted by Gasteiger charge is -2.20. The Labute approximate surface area is 243 Å². The van der Waals surface area contributed by atoms with Gasteiger partial charge in [0.2, 0.25) is 11.8 Å². The first-order chi connectivity index (χ1) is 20.2. The summed E-state index contributed by atoms with van der Waals surface area (Å²) in [5, 5.41) is 3.08. The molecule has 1 aliphatic rings. The van der Waals surface area contributed by atoms with E-state index in [-0.39, 0.29) is 11.8 Å². The van der Waals surface area contributed by atoms with E-state index in [0.29, 0.717) is 25.9 Å². The molecule has 1 aliphatic heterocycles. The van der Waals surface area contributed by atoms with E-state index in [1.165, 1.54) is 18.4 Å². The van der Waals surface area contributed by atoms with Gasteiger partial charge in [-0.05, 0) is 54.5 Å². The number of amides is 2. The lowest BCUT2D eigenvalue weighted by atomic mass is 10.0. The first-order valence-electron chi connectivity index (χ1n) is 15.3. The Kier molecular flexibility index (Phi) is 10.2. The molecule has 1 fully saturated rings. The first kappa shape index (κ1) is 28.6. The number of nitrogens with one attached hydrogen (secondary N) is 1. The normalized spacial score (nSPS) is 13.7. The van der Waals surface area contributed by atoms with Crippen LogP contribution in [0.4, 0.5) is 0 Å². The minimum absolute atomic E-state index is 0.0633. The molecule has 0 saturated carbocycles. The monoisotopic (exact) mass is 550 g/mol. The molecule has 0 bridgehead atoms. The minimum Gasteiger partial charge on any atom is -0.356 e. The van der Waals surface area contributed by atoms with Crippen molar-refractivity contribution < 1.29 is 9.59 Å². The van der Waals surface area contributed by atoms with Crippen LogP contribution in [-0.2, 0) is 29.0 Å². The SMILES string of the molecule is O=C(Cc1ccc(-c2ccccc2)cc1)NCCCCCc1nc2ccccc2n1CCC(=O)N1CCCCCC1. The molecule has 1 saturated heterocycles. The van der Waals surface area contributed by atoms with Crippen LogP contribution in [0.1, 0.15) is 62.8 Å². The molecule has 1 aromatic heterocycles. The number of unbranched alkanes of at least 4 members (excludes halogenated alkanes) is 2. The molecule has 0 atom stereocenters. The summed E-state index contributed by atoms with van der Waals surface area (Å²) in [6, 6.07) is 26.7. The van der Waals surface area contributed by atoms with Gasteiger partial charge in [-0.25, -0.2) is 4.98 Å². The number of carbonyl (C=O) groups is 2. The van der Waals surface area contributed by atoms with Crippen LogP contribution in [0.3, 0.4) is 0 Å². The van der Waals surface area contributed by atoms with Crippen LogP contribution in [0.5, 0.6) is 0 Å². The van der Waals surface area contributed by atoms with Gasteiger partial charge in [-0.3, -0.25) is 9.59 Å². The van der Waals surface area contributed by atoms with Crippen molar-refractivity contribution in [1.82, 2.24) is 19.8 Å². The van der Waals surface area contributed by atoms with Crippen LogP contribution in [-0.4, -0.2) is 45.9 Å². The number of imidazole rings is 1. The van der Waals surface area contributed by atoms with Gasteiger partial charge >= 0.3 is 0 Å². The van der Waals surface area contributed by atoms with Crippen molar-refractivity contribution >= 4 is 22.8 Å². The summed E-state index contributed by atoms with van der Waals surface area (Å²) in [6.07, 6.45) is 9.44. The Morgan fingerprint density at radius 1 is 0.756 bits per heavy atom. The number of carbonyl (C=O) groups excluding carboxylic acids is 2. The molecule has 0 radical (unpaired) electrons. The van der Waals surface area contributed by atoms with E-state index in [0.717, 1.165) is 79.6 Å². The second-order valence-electron chi connectivity index (χ2n) is 11.1. The van der Waals surface area contributed by atoms with Gasteiger partial charge in [0.15, 0.2) is 0 Å².